The Balaban J connectivity index is 2.18. The van der Waals surface area contributed by atoms with Crippen LogP contribution in [0.4, 0.5) is 0 Å². The average Bonchev–Trinajstić information content (AvgIpc) is 2.51. The van der Waals surface area contributed by atoms with Crippen molar-refractivity contribution in [2.24, 2.45) is 0 Å². The molecule has 1 heterocycles. The predicted octanol–water partition coefficient (Wildman–Crippen LogP) is 2.58. The number of hydrogen-bond donors (Lipinski definition) is 1. The van der Waals surface area contributed by atoms with Gasteiger partial charge in [-0.2, -0.15) is 0 Å². The summed E-state index contributed by atoms with van der Waals surface area (Å²) in [5, 5.41) is 10.2. The van der Waals surface area contributed by atoms with E-state index in [1.807, 2.05) is 0 Å². The number of ketones is 2. The Hall–Kier alpha value is -3.21. The van der Waals surface area contributed by atoms with Crippen LogP contribution in [0, 0.1) is 6.92 Å². The number of carbonyl (C=O) groups excluding carboxylic acids is 2. The molecule has 1 aromatic heterocycles. The van der Waals surface area contributed by atoms with E-state index in [4.69, 9.17) is 4.42 Å². The van der Waals surface area contributed by atoms with Gasteiger partial charge in [0.05, 0.1) is 16.5 Å². The molecule has 0 saturated heterocycles. The lowest BCUT2D eigenvalue weighted by molar-refractivity contribution is 0.0977. The number of carbonyl (C=O) groups is 2. The molecule has 5 heteroatoms. The van der Waals surface area contributed by atoms with E-state index in [2.05, 4.69) is 0 Å². The number of benzene rings is 2. The molecule has 3 aromatic rings. The van der Waals surface area contributed by atoms with Crippen LogP contribution in [-0.4, -0.2) is 16.7 Å². The van der Waals surface area contributed by atoms with Crippen molar-refractivity contribution in [1.29, 1.82) is 0 Å². The van der Waals surface area contributed by atoms with Crippen molar-refractivity contribution in [3.8, 4) is 5.75 Å². The SMILES string of the molecule is Cc1cc(=O)c2ccc3c(c2o1)C(=O)c1c(O)cccc1C3=O. The molecule has 1 aliphatic carbocycles. The lowest BCUT2D eigenvalue weighted by atomic mass is 9.82. The number of aryl methyl sites for hydroxylation is 1. The van der Waals surface area contributed by atoms with E-state index in [0.29, 0.717) is 5.76 Å². The first-order valence-corrected chi connectivity index (χ1v) is 6.98. The molecule has 0 saturated carbocycles. The van der Waals surface area contributed by atoms with Gasteiger partial charge < -0.3 is 9.52 Å². The monoisotopic (exact) mass is 306 g/mol. The molecule has 5 nitrogen and oxygen atoms in total. The lowest BCUT2D eigenvalue weighted by Crippen LogP contribution is -2.22. The zero-order valence-electron chi connectivity index (χ0n) is 12.0. The summed E-state index contributed by atoms with van der Waals surface area (Å²) in [5.41, 5.74) is 0.102. The summed E-state index contributed by atoms with van der Waals surface area (Å²) in [7, 11) is 0. The fraction of sp³-hybridized carbons (Fsp3) is 0.0556. The summed E-state index contributed by atoms with van der Waals surface area (Å²) < 4.78 is 5.56. The maximum Gasteiger partial charge on any atom is 0.202 e. The molecule has 0 aliphatic heterocycles. The molecule has 4 rings (SSSR count). The zero-order chi connectivity index (χ0) is 16.3. The van der Waals surface area contributed by atoms with Crippen LogP contribution in [0.3, 0.4) is 0 Å². The normalized spacial score (nSPS) is 13.1. The number of fused-ring (bicyclic) bond motifs is 4. The first-order chi connectivity index (χ1) is 11.0. The Morgan fingerprint density at radius 2 is 1.65 bits per heavy atom. The van der Waals surface area contributed by atoms with Crippen LogP contribution in [0.25, 0.3) is 11.0 Å². The van der Waals surface area contributed by atoms with Crippen molar-refractivity contribution < 1.29 is 19.1 Å². The van der Waals surface area contributed by atoms with Gasteiger partial charge in [-0.1, -0.05) is 12.1 Å². The molecule has 0 atom stereocenters. The van der Waals surface area contributed by atoms with Gasteiger partial charge in [-0.3, -0.25) is 14.4 Å². The highest BCUT2D eigenvalue weighted by atomic mass is 16.3. The summed E-state index contributed by atoms with van der Waals surface area (Å²) in [4.78, 5) is 37.6. The van der Waals surface area contributed by atoms with Crippen LogP contribution in [-0.2, 0) is 0 Å². The van der Waals surface area contributed by atoms with Crippen LogP contribution in [0.5, 0.6) is 5.75 Å². The third kappa shape index (κ3) is 1.70. The Labute approximate surface area is 129 Å². The van der Waals surface area contributed by atoms with Crippen LogP contribution < -0.4 is 5.43 Å². The second-order valence-electron chi connectivity index (χ2n) is 5.44. The van der Waals surface area contributed by atoms with Gasteiger partial charge in [-0.15, -0.1) is 0 Å². The molecular formula is C18H10O5. The third-order valence-corrected chi connectivity index (χ3v) is 4.01. The van der Waals surface area contributed by atoms with Gasteiger partial charge in [0.15, 0.2) is 11.2 Å². The second kappa shape index (κ2) is 4.39. The predicted molar refractivity (Wildman–Crippen MR) is 82.2 cm³/mol. The molecule has 1 N–H and O–H groups in total. The van der Waals surface area contributed by atoms with Gasteiger partial charge in [-0.25, -0.2) is 0 Å². The van der Waals surface area contributed by atoms with E-state index in [1.54, 1.807) is 6.92 Å². The van der Waals surface area contributed by atoms with Crippen molar-refractivity contribution in [3.05, 3.63) is 74.6 Å². The van der Waals surface area contributed by atoms with E-state index < -0.39 is 5.78 Å². The first-order valence-electron chi connectivity index (χ1n) is 6.98. The number of aromatic hydroxyl groups is 1. The van der Waals surface area contributed by atoms with E-state index in [1.165, 1.54) is 36.4 Å². The molecule has 1 aliphatic rings. The molecule has 0 fully saturated rings. The third-order valence-electron chi connectivity index (χ3n) is 4.01. The molecule has 0 spiro atoms. The highest BCUT2D eigenvalue weighted by molar-refractivity contribution is 6.32. The number of phenolic OH excluding ortho intramolecular Hbond substituents is 1. The topological polar surface area (TPSA) is 84.6 Å². The number of hydrogen-bond acceptors (Lipinski definition) is 5. The van der Waals surface area contributed by atoms with Crippen LogP contribution in [0.1, 0.15) is 37.6 Å². The van der Waals surface area contributed by atoms with E-state index in [0.717, 1.165) is 0 Å². The summed E-state index contributed by atoms with van der Waals surface area (Å²) in [5.74, 6) is -0.818. The van der Waals surface area contributed by atoms with Crippen molar-refractivity contribution in [2.45, 2.75) is 6.92 Å². The molecule has 0 unspecified atom stereocenters. The number of phenols is 1. The van der Waals surface area contributed by atoms with Gasteiger partial charge >= 0.3 is 0 Å². The zero-order valence-corrected chi connectivity index (χ0v) is 12.0. The molecule has 0 amide bonds. The van der Waals surface area contributed by atoms with E-state index >= 15 is 0 Å². The smallest absolute Gasteiger partial charge is 0.202 e. The van der Waals surface area contributed by atoms with E-state index in [9.17, 15) is 19.5 Å². The fourth-order valence-electron chi connectivity index (χ4n) is 2.99. The van der Waals surface area contributed by atoms with Crippen molar-refractivity contribution in [3.63, 3.8) is 0 Å². The first kappa shape index (κ1) is 13.5. The van der Waals surface area contributed by atoms with Crippen LogP contribution in [0.2, 0.25) is 0 Å². The minimum atomic E-state index is -0.521. The Morgan fingerprint density at radius 1 is 0.913 bits per heavy atom. The second-order valence-corrected chi connectivity index (χ2v) is 5.44. The molecule has 23 heavy (non-hydrogen) atoms. The summed E-state index contributed by atoms with van der Waals surface area (Å²) in [6, 6.07) is 8.62. The maximum atomic E-state index is 12.8. The van der Waals surface area contributed by atoms with Crippen molar-refractivity contribution in [1.82, 2.24) is 0 Å². The summed E-state index contributed by atoms with van der Waals surface area (Å²) >= 11 is 0. The molecule has 112 valence electrons. The fourth-order valence-corrected chi connectivity index (χ4v) is 2.99. The molecular weight excluding hydrogens is 296 g/mol. The average molecular weight is 306 g/mol. The molecule has 2 aromatic carbocycles. The van der Waals surface area contributed by atoms with Crippen molar-refractivity contribution in [2.75, 3.05) is 0 Å². The Morgan fingerprint density at radius 3 is 2.43 bits per heavy atom. The summed E-state index contributed by atoms with van der Waals surface area (Å²) in [6.07, 6.45) is 0. The van der Waals surface area contributed by atoms with Gasteiger partial charge in [0.25, 0.3) is 0 Å². The largest absolute Gasteiger partial charge is 0.507 e. The Bertz CT molecular complexity index is 1090. The van der Waals surface area contributed by atoms with Gasteiger partial charge in [0.2, 0.25) is 5.78 Å². The minimum absolute atomic E-state index is 0.0299. The van der Waals surface area contributed by atoms with Crippen LogP contribution in [0.15, 0.2) is 45.6 Å². The molecule has 0 radical (unpaired) electrons. The van der Waals surface area contributed by atoms with E-state index in [-0.39, 0.29) is 50.2 Å². The Kier molecular flexibility index (Phi) is 2.57. The van der Waals surface area contributed by atoms with Gasteiger partial charge in [0.1, 0.15) is 17.1 Å². The quantitative estimate of drug-likeness (QED) is 0.540. The maximum absolute atomic E-state index is 12.8. The lowest BCUT2D eigenvalue weighted by Gasteiger charge is -2.19. The molecule has 0 bridgehead atoms. The van der Waals surface area contributed by atoms with Crippen molar-refractivity contribution >= 4 is 22.5 Å². The summed E-state index contributed by atoms with van der Waals surface area (Å²) in [6.45, 7) is 1.60. The van der Waals surface area contributed by atoms with Gasteiger partial charge in [-0.05, 0) is 25.1 Å². The standard InChI is InChI=1S/C18H10O5/c1-8-7-13(20)9-5-6-11-15(18(9)23-8)17(22)14-10(16(11)21)3-2-4-12(14)19/h2-7,19H,1H3. The highest BCUT2D eigenvalue weighted by Crippen LogP contribution is 2.35. The number of rotatable bonds is 0. The van der Waals surface area contributed by atoms with Gasteiger partial charge in [0, 0.05) is 17.2 Å². The minimum Gasteiger partial charge on any atom is -0.507 e. The van der Waals surface area contributed by atoms with Crippen LogP contribution >= 0.6 is 0 Å². The highest BCUT2D eigenvalue weighted by Gasteiger charge is 2.34.